The van der Waals surface area contributed by atoms with E-state index in [1.165, 1.54) is 7.11 Å². The normalized spacial score (nSPS) is 15.4. The lowest BCUT2D eigenvalue weighted by Gasteiger charge is -2.38. The van der Waals surface area contributed by atoms with Gasteiger partial charge in [-0.25, -0.2) is 0 Å². The van der Waals surface area contributed by atoms with E-state index in [1.54, 1.807) is 6.07 Å². The van der Waals surface area contributed by atoms with Crippen molar-refractivity contribution in [3.8, 4) is 0 Å². The van der Waals surface area contributed by atoms with Crippen LogP contribution in [0, 0.1) is 5.92 Å². The number of esters is 1. The number of anilines is 3. The summed E-state index contributed by atoms with van der Waals surface area (Å²) in [7, 11) is 1.42. The van der Waals surface area contributed by atoms with Crippen LogP contribution in [-0.2, 0) is 14.3 Å². The Bertz CT molecular complexity index is 885. The van der Waals surface area contributed by atoms with E-state index < -0.39 is 0 Å². The van der Waals surface area contributed by atoms with Crippen LogP contribution in [0.25, 0.3) is 0 Å². The first kappa shape index (κ1) is 24.3. The second-order valence-corrected chi connectivity index (χ2v) is 9.10. The summed E-state index contributed by atoms with van der Waals surface area (Å²) >= 11 is 5.92. The van der Waals surface area contributed by atoms with Gasteiger partial charge in [0.2, 0.25) is 0 Å². The van der Waals surface area contributed by atoms with E-state index in [9.17, 15) is 4.79 Å². The Morgan fingerprint density at radius 2 is 1.97 bits per heavy atom. The van der Waals surface area contributed by atoms with Gasteiger partial charge >= 0.3 is 5.97 Å². The van der Waals surface area contributed by atoms with Crippen LogP contribution in [0.15, 0.2) is 30.3 Å². The van der Waals surface area contributed by atoms with Crippen molar-refractivity contribution >= 4 is 34.8 Å². The number of ether oxygens (including phenoxy) is 2. The number of hydrogen-bond donors (Lipinski definition) is 1. The van der Waals surface area contributed by atoms with Gasteiger partial charge in [-0.3, -0.25) is 4.79 Å². The average molecular weight is 461 g/mol. The molecule has 1 saturated heterocycles. The molecule has 2 heterocycles. The Labute approximate surface area is 195 Å². The fraction of sp³-hybridized carbons (Fsp3) is 0.542. The summed E-state index contributed by atoms with van der Waals surface area (Å²) in [5.74, 6) is 0.919. The molecule has 1 atom stereocenters. The molecule has 8 heteroatoms. The third-order valence-corrected chi connectivity index (χ3v) is 5.89. The molecule has 1 fully saturated rings. The highest BCUT2D eigenvalue weighted by Gasteiger charge is 2.25. The van der Waals surface area contributed by atoms with E-state index in [2.05, 4.69) is 52.5 Å². The maximum atomic E-state index is 11.8. The molecule has 7 nitrogen and oxygen atoms in total. The Balaban J connectivity index is 1.99. The predicted octanol–water partition coefficient (Wildman–Crippen LogP) is 5.18. The van der Waals surface area contributed by atoms with Crippen molar-refractivity contribution in [3.05, 3.63) is 41.0 Å². The molecule has 0 amide bonds. The highest BCUT2D eigenvalue weighted by Crippen LogP contribution is 2.36. The van der Waals surface area contributed by atoms with Crippen LogP contribution >= 0.6 is 11.6 Å². The molecule has 1 N–H and O–H groups in total. The van der Waals surface area contributed by atoms with Crippen LogP contribution in [0.5, 0.6) is 0 Å². The number of nitrogens with zero attached hydrogens (tertiary/aromatic N) is 3. The summed E-state index contributed by atoms with van der Waals surface area (Å²) in [5, 5.41) is 11.9. The largest absolute Gasteiger partial charge is 0.469 e. The van der Waals surface area contributed by atoms with Gasteiger partial charge in [0, 0.05) is 25.8 Å². The zero-order valence-electron chi connectivity index (χ0n) is 19.3. The van der Waals surface area contributed by atoms with E-state index in [-0.39, 0.29) is 11.9 Å². The third kappa shape index (κ3) is 6.56. The fourth-order valence-electron chi connectivity index (χ4n) is 4.02. The zero-order valence-corrected chi connectivity index (χ0v) is 20.1. The number of nitrogens with one attached hydrogen (secondary N) is 1. The minimum Gasteiger partial charge on any atom is -0.469 e. The number of benzene rings is 1. The SMILES string of the molecule is COC(=O)CC(C)c1ccc(N(CC(C)C)C2CCOCC2)c(Nc2ccc(Cl)nn2)c1. The van der Waals surface area contributed by atoms with Crippen LogP contribution in [0.1, 0.15) is 51.5 Å². The Hall–Kier alpha value is -2.38. The quantitative estimate of drug-likeness (QED) is 0.516. The molecular formula is C24H33ClN4O3. The third-order valence-electron chi connectivity index (χ3n) is 5.69. The van der Waals surface area contributed by atoms with Gasteiger partial charge in [0.1, 0.15) is 0 Å². The highest BCUT2D eigenvalue weighted by atomic mass is 35.5. The molecule has 3 rings (SSSR count). The predicted molar refractivity (Wildman–Crippen MR) is 128 cm³/mol. The smallest absolute Gasteiger partial charge is 0.306 e. The summed E-state index contributed by atoms with van der Waals surface area (Å²) in [5.41, 5.74) is 3.10. The number of hydrogen-bond acceptors (Lipinski definition) is 7. The van der Waals surface area contributed by atoms with Gasteiger partial charge in [-0.1, -0.05) is 38.4 Å². The molecule has 0 aliphatic carbocycles. The molecule has 0 spiro atoms. The lowest BCUT2D eigenvalue weighted by atomic mass is 9.95. The molecule has 0 saturated carbocycles. The first-order valence-corrected chi connectivity index (χ1v) is 11.6. The topological polar surface area (TPSA) is 76.6 Å². The summed E-state index contributed by atoms with van der Waals surface area (Å²) in [6, 6.07) is 10.3. The van der Waals surface area contributed by atoms with Gasteiger partial charge in [0.15, 0.2) is 11.0 Å². The first-order chi connectivity index (χ1) is 15.4. The average Bonchev–Trinajstić information content (AvgIpc) is 2.79. The Kier molecular flexibility index (Phi) is 8.70. The van der Waals surface area contributed by atoms with Crippen LogP contribution in [0.4, 0.5) is 17.2 Å². The van der Waals surface area contributed by atoms with E-state index >= 15 is 0 Å². The van der Waals surface area contributed by atoms with Gasteiger partial charge in [0.25, 0.3) is 0 Å². The van der Waals surface area contributed by atoms with Crippen molar-refractivity contribution in [2.24, 2.45) is 5.92 Å². The van der Waals surface area contributed by atoms with Crippen LogP contribution < -0.4 is 10.2 Å². The highest BCUT2D eigenvalue weighted by molar-refractivity contribution is 6.29. The second kappa shape index (κ2) is 11.5. The Morgan fingerprint density at radius 3 is 2.59 bits per heavy atom. The number of carbonyl (C=O) groups is 1. The van der Waals surface area contributed by atoms with Gasteiger partial charge in [-0.2, -0.15) is 0 Å². The van der Waals surface area contributed by atoms with Crippen molar-refractivity contribution in [2.75, 3.05) is 37.1 Å². The molecule has 0 bridgehead atoms. The minimum atomic E-state index is -0.219. The van der Waals surface area contributed by atoms with Crippen LogP contribution in [0.2, 0.25) is 5.15 Å². The van der Waals surface area contributed by atoms with Gasteiger partial charge < -0.3 is 19.7 Å². The molecule has 174 valence electrons. The van der Waals surface area contributed by atoms with Crippen molar-refractivity contribution in [1.82, 2.24) is 10.2 Å². The molecule has 1 aliphatic rings. The molecule has 1 aromatic heterocycles. The van der Waals surface area contributed by atoms with E-state index in [0.29, 0.717) is 29.4 Å². The number of rotatable bonds is 9. The van der Waals surface area contributed by atoms with Gasteiger partial charge in [-0.15, -0.1) is 10.2 Å². The maximum absolute atomic E-state index is 11.8. The van der Waals surface area contributed by atoms with E-state index in [0.717, 1.165) is 49.5 Å². The summed E-state index contributed by atoms with van der Waals surface area (Å²) in [6.07, 6.45) is 2.31. The van der Waals surface area contributed by atoms with Crippen molar-refractivity contribution in [1.29, 1.82) is 0 Å². The maximum Gasteiger partial charge on any atom is 0.306 e. The Morgan fingerprint density at radius 1 is 1.22 bits per heavy atom. The summed E-state index contributed by atoms with van der Waals surface area (Å²) < 4.78 is 10.5. The first-order valence-electron chi connectivity index (χ1n) is 11.2. The van der Waals surface area contributed by atoms with Gasteiger partial charge in [-0.05, 0) is 54.5 Å². The van der Waals surface area contributed by atoms with E-state index in [1.807, 2.05) is 13.0 Å². The van der Waals surface area contributed by atoms with Crippen molar-refractivity contribution in [2.45, 2.75) is 52.0 Å². The number of methoxy groups -OCH3 is 1. The molecule has 0 radical (unpaired) electrons. The lowest BCUT2D eigenvalue weighted by molar-refractivity contribution is -0.140. The zero-order chi connectivity index (χ0) is 23.1. The lowest BCUT2D eigenvalue weighted by Crippen LogP contribution is -2.42. The second-order valence-electron chi connectivity index (χ2n) is 8.71. The standard InChI is InChI=1S/C24H33ClN4O3/c1-16(2)15-29(19-9-11-32-12-10-19)21-6-5-18(17(3)13-24(30)31-4)14-20(21)26-23-8-7-22(25)27-28-23/h5-8,14,16-17,19H,9-13,15H2,1-4H3,(H,26,28). The van der Waals surface area contributed by atoms with Crippen LogP contribution in [0.3, 0.4) is 0 Å². The minimum absolute atomic E-state index is 0.0231. The molecule has 32 heavy (non-hydrogen) atoms. The fourth-order valence-corrected chi connectivity index (χ4v) is 4.12. The van der Waals surface area contributed by atoms with E-state index in [4.69, 9.17) is 21.1 Å². The number of carbonyl (C=O) groups excluding carboxylic acids is 1. The van der Waals surface area contributed by atoms with Crippen molar-refractivity contribution in [3.63, 3.8) is 0 Å². The van der Waals surface area contributed by atoms with Crippen molar-refractivity contribution < 1.29 is 14.3 Å². The van der Waals surface area contributed by atoms with Gasteiger partial charge in [0.05, 0.1) is 24.9 Å². The summed E-state index contributed by atoms with van der Waals surface area (Å²) in [4.78, 5) is 14.3. The molecule has 1 aromatic carbocycles. The van der Waals surface area contributed by atoms with Crippen LogP contribution in [-0.4, -0.2) is 49.1 Å². The number of aromatic nitrogens is 2. The molecule has 1 unspecified atom stereocenters. The monoisotopic (exact) mass is 460 g/mol. The summed E-state index contributed by atoms with van der Waals surface area (Å²) in [6.45, 7) is 8.98. The number of halogens is 1. The molecule has 2 aromatic rings. The molecule has 1 aliphatic heterocycles. The molecular weight excluding hydrogens is 428 g/mol.